The van der Waals surface area contributed by atoms with Gasteiger partial charge < -0.3 is 5.32 Å². The zero-order valence-corrected chi connectivity index (χ0v) is 12.9. The summed E-state index contributed by atoms with van der Waals surface area (Å²) in [6.07, 6.45) is 6.50. The Hall–Kier alpha value is -2.30. The van der Waals surface area contributed by atoms with Crippen LogP contribution in [0.2, 0.25) is 0 Å². The minimum absolute atomic E-state index is 0.001000. The fourth-order valence-electron chi connectivity index (χ4n) is 3.08. The molecule has 1 heterocycles. The average molecular weight is 316 g/mol. The normalized spacial score (nSPS) is 16.7. The van der Waals surface area contributed by atoms with Crippen LogP contribution in [0.1, 0.15) is 43.4 Å². The van der Waals surface area contributed by atoms with Gasteiger partial charge in [0, 0.05) is 24.4 Å². The fraction of sp³-hybridized carbons (Fsp3) is 0.333. The summed E-state index contributed by atoms with van der Waals surface area (Å²) in [5.41, 5.74) is 3.44. The van der Waals surface area contributed by atoms with Crippen molar-refractivity contribution >= 4 is 5.91 Å². The predicted octanol–water partition coefficient (Wildman–Crippen LogP) is 3.93. The topological polar surface area (TPSA) is 42.0 Å². The van der Waals surface area contributed by atoms with Gasteiger partial charge in [0.2, 0.25) is 5.91 Å². The first kappa shape index (κ1) is 15.6. The van der Waals surface area contributed by atoms with Gasteiger partial charge in [0.15, 0.2) is 11.6 Å². The van der Waals surface area contributed by atoms with E-state index >= 15 is 0 Å². The Kier molecular flexibility index (Phi) is 4.37. The summed E-state index contributed by atoms with van der Waals surface area (Å²) in [7, 11) is 0. The Balaban J connectivity index is 2.02. The van der Waals surface area contributed by atoms with E-state index < -0.39 is 11.6 Å². The first-order chi connectivity index (χ1) is 11.1. The van der Waals surface area contributed by atoms with E-state index in [2.05, 4.69) is 10.3 Å². The summed E-state index contributed by atoms with van der Waals surface area (Å²) in [6.45, 7) is 1.81. The number of fused-ring (bicyclic) bond motifs is 1. The Morgan fingerprint density at radius 3 is 2.87 bits per heavy atom. The van der Waals surface area contributed by atoms with Gasteiger partial charge in [-0.25, -0.2) is 8.78 Å². The molecule has 1 aromatic heterocycles. The predicted molar refractivity (Wildman–Crippen MR) is 83.7 cm³/mol. The van der Waals surface area contributed by atoms with E-state index in [1.54, 1.807) is 18.5 Å². The molecule has 1 aromatic carbocycles. The van der Waals surface area contributed by atoms with Gasteiger partial charge in [-0.3, -0.25) is 9.78 Å². The lowest BCUT2D eigenvalue weighted by molar-refractivity contribution is -0.121. The van der Waals surface area contributed by atoms with Crippen LogP contribution < -0.4 is 5.32 Å². The molecule has 2 aromatic rings. The Labute approximate surface area is 133 Å². The molecule has 0 saturated heterocycles. The molecule has 23 heavy (non-hydrogen) atoms. The van der Waals surface area contributed by atoms with Crippen LogP contribution in [0.15, 0.2) is 30.6 Å². The molecule has 0 bridgehead atoms. The second kappa shape index (κ2) is 6.44. The molecular weight excluding hydrogens is 298 g/mol. The van der Waals surface area contributed by atoms with Gasteiger partial charge in [0.25, 0.3) is 0 Å². The standard InChI is InChI=1S/C18H18F2N2O/c1-2-18(23)22-17-5-3-4-12-13(9-21-10-14(12)17)11-6-7-15(19)16(20)8-11/h6-10,17H,2-5H2,1H3,(H,22,23). The van der Waals surface area contributed by atoms with Gasteiger partial charge in [0.1, 0.15) is 0 Å². The Bertz CT molecular complexity index is 746. The third-order valence-corrected chi connectivity index (χ3v) is 4.27. The highest BCUT2D eigenvalue weighted by atomic mass is 19.2. The number of rotatable bonds is 3. The number of amides is 1. The summed E-state index contributed by atoms with van der Waals surface area (Å²) < 4.78 is 26.7. The van der Waals surface area contributed by atoms with Gasteiger partial charge in [-0.05, 0) is 48.1 Å². The molecule has 5 heteroatoms. The van der Waals surface area contributed by atoms with Crippen LogP contribution in [0, 0.1) is 11.6 Å². The molecule has 0 spiro atoms. The van der Waals surface area contributed by atoms with E-state index in [0.29, 0.717) is 12.0 Å². The SMILES string of the molecule is CCC(=O)NC1CCCc2c(-c3ccc(F)c(F)c3)cncc21. The monoisotopic (exact) mass is 316 g/mol. The number of hydrogen-bond donors (Lipinski definition) is 1. The maximum absolute atomic E-state index is 13.5. The van der Waals surface area contributed by atoms with Gasteiger partial charge >= 0.3 is 0 Å². The second-order valence-electron chi connectivity index (χ2n) is 5.75. The van der Waals surface area contributed by atoms with Gasteiger partial charge in [-0.15, -0.1) is 0 Å². The van der Waals surface area contributed by atoms with E-state index in [1.165, 1.54) is 6.07 Å². The smallest absolute Gasteiger partial charge is 0.220 e. The van der Waals surface area contributed by atoms with Gasteiger partial charge in [-0.1, -0.05) is 13.0 Å². The molecule has 1 aliphatic carbocycles. The van der Waals surface area contributed by atoms with Crippen LogP contribution in [-0.4, -0.2) is 10.9 Å². The summed E-state index contributed by atoms with van der Waals surface area (Å²) in [5.74, 6) is -1.73. The summed E-state index contributed by atoms with van der Waals surface area (Å²) in [5, 5.41) is 3.01. The van der Waals surface area contributed by atoms with E-state index in [1.807, 2.05) is 6.92 Å². The Morgan fingerprint density at radius 1 is 1.30 bits per heavy atom. The number of aromatic nitrogens is 1. The third kappa shape index (κ3) is 3.09. The molecule has 0 aliphatic heterocycles. The zero-order valence-electron chi connectivity index (χ0n) is 12.9. The molecular formula is C18H18F2N2O. The number of hydrogen-bond acceptors (Lipinski definition) is 2. The van der Waals surface area contributed by atoms with E-state index in [4.69, 9.17) is 0 Å². The zero-order chi connectivity index (χ0) is 16.4. The number of carbonyl (C=O) groups is 1. The van der Waals surface area contributed by atoms with Crippen molar-refractivity contribution < 1.29 is 13.6 Å². The van der Waals surface area contributed by atoms with Crippen LogP contribution in [0.25, 0.3) is 11.1 Å². The van der Waals surface area contributed by atoms with Crippen LogP contribution in [0.5, 0.6) is 0 Å². The first-order valence-corrected chi connectivity index (χ1v) is 7.81. The van der Waals surface area contributed by atoms with Crippen molar-refractivity contribution in [2.75, 3.05) is 0 Å². The molecule has 1 unspecified atom stereocenters. The van der Waals surface area contributed by atoms with Crippen LogP contribution in [0.4, 0.5) is 8.78 Å². The lowest BCUT2D eigenvalue weighted by Gasteiger charge is -2.27. The second-order valence-corrected chi connectivity index (χ2v) is 5.75. The molecule has 120 valence electrons. The third-order valence-electron chi connectivity index (χ3n) is 4.27. The highest BCUT2D eigenvalue weighted by Crippen LogP contribution is 2.35. The average Bonchev–Trinajstić information content (AvgIpc) is 2.57. The number of benzene rings is 1. The van der Waals surface area contributed by atoms with Gasteiger partial charge in [-0.2, -0.15) is 0 Å². The lowest BCUT2D eigenvalue weighted by atomic mass is 9.84. The number of carbonyl (C=O) groups excluding carboxylic acids is 1. The van der Waals surface area contributed by atoms with Crippen molar-refractivity contribution in [3.63, 3.8) is 0 Å². The largest absolute Gasteiger partial charge is 0.349 e. The number of nitrogens with zero attached hydrogens (tertiary/aromatic N) is 1. The number of pyridine rings is 1. The van der Waals surface area contributed by atoms with E-state index in [0.717, 1.165) is 42.0 Å². The van der Waals surface area contributed by atoms with Crippen LogP contribution in [-0.2, 0) is 11.2 Å². The minimum Gasteiger partial charge on any atom is -0.349 e. The van der Waals surface area contributed by atoms with E-state index in [-0.39, 0.29) is 11.9 Å². The van der Waals surface area contributed by atoms with Crippen molar-refractivity contribution in [1.29, 1.82) is 0 Å². The van der Waals surface area contributed by atoms with Crippen molar-refractivity contribution in [3.8, 4) is 11.1 Å². The van der Waals surface area contributed by atoms with Crippen molar-refractivity contribution in [2.24, 2.45) is 0 Å². The summed E-state index contributed by atoms with van der Waals surface area (Å²) in [4.78, 5) is 15.9. The van der Waals surface area contributed by atoms with Crippen molar-refractivity contribution in [3.05, 3.63) is 53.4 Å². The Morgan fingerprint density at radius 2 is 2.13 bits per heavy atom. The van der Waals surface area contributed by atoms with Crippen LogP contribution in [0.3, 0.4) is 0 Å². The molecule has 0 saturated carbocycles. The molecule has 1 aliphatic rings. The number of nitrogens with one attached hydrogen (secondary N) is 1. The quantitative estimate of drug-likeness (QED) is 0.932. The molecule has 1 atom stereocenters. The lowest BCUT2D eigenvalue weighted by Crippen LogP contribution is -2.30. The molecule has 1 amide bonds. The van der Waals surface area contributed by atoms with Crippen LogP contribution >= 0.6 is 0 Å². The molecule has 3 rings (SSSR count). The minimum atomic E-state index is -0.869. The molecule has 0 radical (unpaired) electrons. The highest BCUT2D eigenvalue weighted by molar-refractivity contribution is 5.76. The first-order valence-electron chi connectivity index (χ1n) is 7.81. The van der Waals surface area contributed by atoms with Gasteiger partial charge in [0.05, 0.1) is 6.04 Å². The molecule has 1 N–H and O–H groups in total. The van der Waals surface area contributed by atoms with Crippen molar-refractivity contribution in [2.45, 2.75) is 38.6 Å². The van der Waals surface area contributed by atoms with E-state index in [9.17, 15) is 13.6 Å². The maximum atomic E-state index is 13.5. The molecule has 3 nitrogen and oxygen atoms in total. The molecule has 0 fully saturated rings. The maximum Gasteiger partial charge on any atom is 0.220 e. The fourth-order valence-corrected chi connectivity index (χ4v) is 3.08. The summed E-state index contributed by atoms with van der Waals surface area (Å²) in [6, 6.07) is 3.82. The number of halogens is 2. The summed E-state index contributed by atoms with van der Waals surface area (Å²) >= 11 is 0. The highest BCUT2D eigenvalue weighted by Gasteiger charge is 2.24. The van der Waals surface area contributed by atoms with Crippen molar-refractivity contribution in [1.82, 2.24) is 10.3 Å².